The van der Waals surface area contributed by atoms with Crippen LogP contribution in [0.4, 0.5) is 0 Å². The van der Waals surface area contributed by atoms with E-state index in [2.05, 4.69) is 40.8 Å². The highest BCUT2D eigenvalue weighted by Crippen LogP contribution is 1.99. The second-order valence-corrected chi connectivity index (χ2v) is 4.54. The largest absolute Gasteiger partial charge is 0.469 e. The van der Waals surface area contributed by atoms with Gasteiger partial charge in [-0.05, 0) is 26.2 Å². The van der Waals surface area contributed by atoms with Crippen molar-refractivity contribution in [1.29, 1.82) is 0 Å². The van der Waals surface area contributed by atoms with E-state index in [4.69, 9.17) is 0 Å². The molecule has 0 aliphatic rings. The first kappa shape index (κ1) is 21.8. The van der Waals surface area contributed by atoms with Gasteiger partial charge in [-0.1, -0.05) is 13.3 Å². The molecular weight excluding hydrogens is 369 g/mol. The van der Waals surface area contributed by atoms with Gasteiger partial charge in [0, 0.05) is 33.1 Å². The number of methoxy groups -OCH3 is 1. The third-order valence-electron chi connectivity index (χ3n) is 2.82. The summed E-state index contributed by atoms with van der Waals surface area (Å²) in [5.41, 5.74) is 0. The Morgan fingerprint density at radius 1 is 1.25 bits per heavy atom. The molecule has 0 bridgehead atoms. The number of carbonyl (C=O) groups excluding carboxylic acids is 1. The van der Waals surface area contributed by atoms with Crippen LogP contribution in [-0.2, 0) is 9.53 Å². The van der Waals surface area contributed by atoms with Crippen molar-refractivity contribution < 1.29 is 9.53 Å². The molecule has 0 rings (SSSR count). The van der Waals surface area contributed by atoms with Crippen LogP contribution in [0.25, 0.3) is 0 Å². The molecule has 0 unspecified atom stereocenters. The minimum Gasteiger partial charge on any atom is -0.469 e. The van der Waals surface area contributed by atoms with Gasteiger partial charge in [0.2, 0.25) is 0 Å². The number of nitrogens with one attached hydrogen (secondary N) is 1. The van der Waals surface area contributed by atoms with Crippen molar-refractivity contribution in [2.45, 2.75) is 46.0 Å². The van der Waals surface area contributed by atoms with Crippen LogP contribution in [0.5, 0.6) is 0 Å². The fourth-order valence-electron chi connectivity index (χ4n) is 1.64. The van der Waals surface area contributed by atoms with Crippen LogP contribution in [0.15, 0.2) is 4.99 Å². The van der Waals surface area contributed by atoms with Gasteiger partial charge in [-0.2, -0.15) is 0 Å². The molecule has 5 nitrogen and oxygen atoms in total. The number of hydrogen-bond acceptors (Lipinski definition) is 3. The van der Waals surface area contributed by atoms with E-state index in [0.717, 1.165) is 38.4 Å². The molecule has 0 saturated heterocycles. The highest BCUT2D eigenvalue weighted by atomic mass is 127. The maximum absolute atomic E-state index is 11.0. The number of guanidine groups is 1. The SMILES string of the molecule is CCCCN(C)C(=NCCCCC(=O)OC)NCC.I. The summed E-state index contributed by atoms with van der Waals surface area (Å²) in [6.45, 7) is 6.89. The predicted molar refractivity (Wildman–Crippen MR) is 94.8 cm³/mol. The van der Waals surface area contributed by atoms with Gasteiger partial charge in [0.15, 0.2) is 5.96 Å². The minimum absolute atomic E-state index is 0. The Hall–Kier alpha value is -0.530. The number of aliphatic imine (C=N–C) groups is 1. The van der Waals surface area contributed by atoms with Crippen molar-refractivity contribution in [2.24, 2.45) is 4.99 Å². The molecule has 0 fully saturated rings. The fraction of sp³-hybridized carbons (Fsp3) is 0.857. The molecular formula is C14H30IN3O2. The number of nitrogens with zero attached hydrogens (tertiary/aromatic N) is 2. The van der Waals surface area contributed by atoms with Crippen molar-refractivity contribution >= 4 is 35.9 Å². The topological polar surface area (TPSA) is 53.9 Å². The summed E-state index contributed by atoms with van der Waals surface area (Å²) in [7, 11) is 3.48. The van der Waals surface area contributed by atoms with Crippen LogP contribution in [0.1, 0.15) is 46.0 Å². The summed E-state index contributed by atoms with van der Waals surface area (Å²) in [4.78, 5) is 17.7. The predicted octanol–water partition coefficient (Wildman–Crippen LogP) is 2.65. The summed E-state index contributed by atoms with van der Waals surface area (Å²) in [6.07, 6.45) is 4.57. The van der Waals surface area contributed by atoms with Gasteiger partial charge >= 0.3 is 5.97 Å². The summed E-state index contributed by atoms with van der Waals surface area (Å²) in [6, 6.07) is 0. The molecule has 0 aromatic rings. The number of unbranched alkanes of at least 4 members (excludes halogenated alkanes) is 2. The number of hydrogen-bond donors (Lipinski definition) is 1. The summed E-state index contributed by atoms with van der Waals surface area (Å²) >= 11 is 0. The highest BCUT2D eigenvalue weighted by molar-refractivity contribution is 14.0. The lowest BCUT2D eigenvalue weighted by Gasteiger charge is -2.21. The van der Waals surface area contributed by atoms with E-state index >= 15 is 0 Å². The zero-order valence-electron chi connectivity index (χ0n) is 13.3. The van der Waals surface area contributed by atoms with E-state index in [-0.39, 0.29) is 29.9 Å². The summed E-state index contributed by atoms with van der Waals surface area (Å²) < 4.78 is 4.60. The first-order valence-corrected chi connectivity index (χ1v) is 7.21. The van der Waals surface area contributed by atoms with Crippen molar-refractivity contribution in [1.82, 2.24) is 10.2 Å². The van der Waals surface area contributed by atoms with Gasteiger partial charge in [-0.15, -0.1) is 24.0 Å². The first-order chi connectivity index (χ1) is 9.15. The zero-order valence-corrected chi connectivity index (χ0v) is 15.6. The van der Waals surface area contributed by atoms with Gasteiger partial charge < -0.3 is 15.0 Å². The lowest BCUT2D eigenvalue weighted by molar-refractivity contribution is -0.140. The molecule has 0 aliphatic heterocycles. The molecule has 1 N–H and O–H groups in total. The Balaban J connectivity index is 0. The molecule has 0 saturated carbocycles. The standard InChI is InChI=1S/C14H29N3O2.HI/c1-5-7-12-17(3)14(15-6-2)16-11-9-8-10-13(18)19-4;/h5-12H2,1-4H3,(H,15,16);1H. The van der Waals surface area contributed by atoms with E-state index in [1.807, 2.05) is 0 Å². The quantitative estimate of drug-likeness (QED) is 0.213. The van der Waals surface area contributed by atoms with E-state index in [0.29, 0.717) is 6.42 Å². The van der Waals surface area contributed by atoms with Gasteiger partial charge in [-0.25, -0.2) is 0 Å². The first-order valence-electron chi connectivity index (χ1n) is 7.21. The Labute approximate surface area is 140 Å². The molecule has 0 aliphatic carbocycles. The van der Waals surface area contributed by atoms with Gasteiger partial charge in [0.05, 0.1) is 7.11 Å². The zero-order chi connectivity index (χ0) is 14.5. The molecule has 6 heteroatoms. The van der Waals surface area contributed by atoms with Crippen LogP contribution < -0.4 is 5.32 Å². The number of rotatable bonds is 9. The van der Waals surface area contributed by atoms with Crippen LogP contribution in [0.2, 0.25) is 0 Å². The van der Waals surface area contributed by atoms with Crippen molar-refractivity contribution in [3.63, 3.8) is 0 Å². The maximum Gasteiger partial charge on any atom is 0.305 e. The summed E-state index contributed by atoms with van der Waals surface area (Å²) in [5.74, 6) is 0.810. The lowest BCUT2D eigenvalue weighted by atomic mass is 10.2. The molecule has 0 amide bonds. The normalized spacial score (nSPS) is 10.7. The number of halogens is 1. The van der Waals surface area contributed by atoms with Crippen molar-refractivity contribution in [3.05, 3.63) is 0 Å². The average molecular weight is 399 g/mol. The monoisotopic (exact) mass is 399 g/mol. The Morgan fingerprint density at radius 3 is 2.50 bits per heavy atom. The Kier molecular flexibility index (Phi) is 16.2. The third-order valence-corrected chi connectivity index (χ3v) is 2.82. The second kappa shape index (κ2) is 14.9. The fourth-order valence-corrected chi connectivity index (χ4v) is 1.64. The highest BCUT2D eigenvalue weighted by Gasteiger charge is 2.04. The molecule has 0 heterocycles. The molecule has 120 valence electrons. The van der Waals surface area contributed by atoms with Gasteiger partial charge in [0.25, 0.3) is 0 Å². The van der Waals surface area contributed by atoms with E-state index in [9.17, 15) is 4.79 Å². The molecule has 0 atom stereocenters. The minimum atomic E-state index is -0.143. The lowest BCUT2D eigenvalue weighted by Crippen LogP contribution is -2.39. The van der Waals surface area contributed by atoms with E-state index in [1.54, 1.807) is 0 Å². The number of carbonyl (C=O) groups is 1. The molecule has 0 spiro atoms. The van der Waals surface area contributed by atoms with Gasteiger partial charge in [-0.3, -0.25) is 9.79 Å². The van der Waals surface area contributed by atoms with Crippen LogP contribution >= 0.6 is 24.0 Å². The Bertz CT molecular complexity index is 273. The molecule has 0 radical (unpaired) electrons. The number of esters is 1. The smallest absolute Gasteiger partial charge is 0.305 e. The third kappa shape index (κ3) is 11.3. The van der Waals surface area contributed by atoms with E-state index < -0.39 is 0 Å². The van der Waals surface area contributed by atoms with Crippen molar-refractivity contribution in [2.75, 3.05) is 33.8 Å². The van der Waals surface area contributed by atoms with Crippen LogP contribution in [0.3, 0.4) is 0 Å². The van der Waals surface area contributed by atoms with Crippen LogP contribution in [-0.4, -0.2) is 50.6 Å². The van der Waals surface area contributed by atoms with Crippen molar-refractivity contribution in [3.8, 4) is 0 Å². The molecule has 0 aromatic heterocycles. The summed E-state index contributed by atoms with van der Waals surface area (Å²) in [5, 5.41) is 3.29. The average Bonchev–Trinajstić information content (AvgIpc) is 2.42. The number of ether oxygens (including phenoxy) is 1. The van der Waals surface area contributed by atoms with Crippen LogP contribution in [0, 0.1) is 0 Å². The molecule has 20 heavy (non-hydrogen) atoms. The van der Waals surface area contributed by atoms with Gasteiger partial charge in [0.1, 0.15) is 0 Å². The maximum atomic E-state index is 11.0. The Morgan fingerprint density at radius 2 is 1.95 bits per heavy atom. The molecule has 0 aromatic carbocycles. The van der Waals surface area contributed by atoms with E-state index in [1.165, 1.54) is 20.0 Å². The second-order valence-electron chi connectivity index (χ2n) is 4.54.